The van der Waals surface area contributed by atoms with Crippen molar-refractivity contribution in [1.82, 2.24) is 9.80 Å². The lowest BCUT2D eigenvalue weighted by atomic mass is 10.2. The maximum atomic E-state index is 4.47. The van der Waals surface area contributed by atoms with Crippen molar-refractivity contribution in [3.05, 3.63) is 0 Å². The molecule has 0 aromatic heterocycles. The SMILES string of the molecule is S[C@@H]1[C@@H](S)N2CCN1CC2. The summed E-state index contributed by atoms with van der Waals surface area (Å²) in [5.41, 5.74) is 0. The molecule has 3 heterocycles. The summed E-state index contributed by atoms with van der Waals surface area (Å²) < 4.78 is 0. The molecule has 3 aliphatic rings. The van der Waals surface area contributed by atoms with E-state index in [0.717, 1.165) is 0 Å². The zero-order valence-corrected chi connectivity index (χ0v) is 7.56. The first-order chi connectivity index (χ1) is 4.79. The van der Waals surface area contributed by atoms with Gasteiger partial charge in [-0.3, -0.25) is 9.80 Å². The molecule has 10 heavy (non-hydrogen) atoms. The Bertz CT molecular complexity index is 114. The molecule has 3 rings (SSSR count). The lowest BCUT2D eigenvalue weighted by Gasteiger charge is -2.49. The normalized spacial score (nSPS) is 53.4. The number of piperazine rings is 3. The summed E-state index contributed by atoms with van der Waals surface area (Å²) in [6.07, 6.45) is 0. The van der Waals surface area contributed by atoms with E-state index in [0.29, 0.717) is 10.7 Å². The number of rotatable bonds is 0. The summed E-state index contributed by atoms with van der Waals surface area (Å²) in [6, 6.07) is 0. The van der Waals surface area contributed by atoms with Crippen LogP contribution in [0.15, 0.2) is 0 Å². The van der Waals surface area contributed by atoms with Gasteiger partial charge in [0.15, 0.2) is 0 Å². The van der Waals surface area contributed by atoms with E-state index in [1.165, 1.54) is 26.2 Å². The van der Waals surface area contributed by atoms with Crippen LogP contribution in [0.2, 0.25) is 0 Å². The molecule has 0 unspecified atom stereocenters. The predicted molar refractivity (Wildman–Crippen MR) is 48.7 cm³/mol. The molecule has 3 saturated heterocycles. The van der Waals surface area contributed by atoms with E-state index >= 15 is 0 Å². The Morgan fingerprint density at radius 3 is 1.30 bits per heavy atom. The number of hydrogen-bond acceptors (Lipinski definition) is 4. The van der Waals surface area contributed by atoms with E-state index in [9.17, 15) is 0 Å². The fourth-order valence-electron chi connectivity index (χ4n) is 1.64. The van der Waals surface area contributed by atoms with Gasteiger partial charge in [-0.2, -0.15) is 25.3 Å². The predicted octanol–water partition coefficient (Wildman–Crippen LogP) is 0.129. The quantitative estimate of drug-likeness (QED) is 0.507. The van der Waals surface area contributed by atoms with Crippen molar-refractivity contribution in [2.24, 2.45) is 0 Å². The Morgan fingerprint density at radius 1 is 0.800 bits per heavy atom. The van der Waals surface area contributed by atoms with E-state index in [1.807, 2.05) is 0 Å². The Morgan fingerprint density at radius 2 is 1.10 bits per heavy atom. The summed E-state index contributed by atoms with van der Waals surface area (Å²) in [7, 11) is 0. The Balaban J connectivity index is 2.13. The molecule has 0 aromatic rings. The van der Waals surface area contributed by atoms with Crippen LogP contribution in [0.5, 0.6) is 0 Å². The molecule has 0 saturated carbocycles. The first kappa shape index (κ1) is 7.28. The molecule has 2 atom stereocenters. The highest BCUT2D eigenvalue weighted by Crippen LogP contribution is 2.26. The van der Waals surface area contributed by atoms with E-state index < -0.39 is 0 Å². The lowest BCUT2D eigenvalue weighted by molar-refractivity contribution is 0.0365. The molecule has 2 nitrogen and oxygen atoms in total. The number of fused-ring (bicyclic) bond motifs is 3. The van der Waals surface area contributed by atoms with Crippen molar-refractivity contribution >= 4 is 25.3 Å². The summed E-state index contributed by atoms with van der Waals surface area (Å²) in [4.78, 5) is 4.78. The van der Waals surface area contributed by atoms with Gasteiger partial charge in [0, 0.05) is 26.2 Å². The third kappa shape index (κ3) is 0.978. The van der Waals surface area contributed by atoms with Gasteiger partial charge in [0.1, 0.15) is 0 Å². The van der Waals surface area contributed by atoms with Crippen LogP contribution >= 0.6 is 25.3 Å². The molecule has 0 N–H and O–H groups in total. The number of hydrogen-bond donors (Lipinski definition) is 2. The molecular weight excluding hydrogens is 164 g/mol. The van der Waals surface area contributed by atoms with Crippen molar-refractivity contribution in [3.8, 4) is 0 Å². The van der Waals surface area contributed by atoms with Crippen molar-refractivity contribution in [2.75, 3.05) is 26.2 Å². The Labute approximate surface area is 72.4 Å². The monoisotopic (exact) mass is 176 g/mol. The standard InChI is InChI=1S/C6H12N2S2/c9-5-6(10)8-2-1-7(5)3-4-8/h5-6,9-10H,1-4H2/t5-,6-/m1/s1. The van der Waals surface area contributed by atoms with Gasteiger partial charge in [-0.25, -0.2) is 0 Å². The molecule has 0 amide bonds. The minimum atomic E-state index is 0.353. The summed E-state index contributed by atoms with van der Waals surface area (Å²) in [5.74, 6) is 0. The van der Waals surface area contributed by atoms with Crippen molar-refractivity contribution in [1.29, 1.82) is 0 Å². The van der Waals surface area contributed by atoms with E-state index in [-0.39, 0.29) is 0 Å². The molecule has 0 aliphatic carbocycles. The van der Waals surface area contributed by atoms with Crippen LogP contribution in [0.25, 0.3) is 0 Å². The minimum absolute atomic E-state index is 0.353. The Hall–Kier alpha value is 0.620. The van der Waals surface area contributed by atoms with Gasteiger partial charge in [-0.05, 0) is 0 Å². The topological polar surface area (TPSA) is 6.48 Å². The largest absolute Gasteiger partial charge is 0.287 e. The third-order valence-electron chi connectivity index (χ3n) is 2.36. The van der Waals surface area contributed by atoms with Crippen LogP contribution in [0.1, 0.15) is 0 Å². The van der Waals surface area contributed by atoms with Gasteiger partial charge in [0.25, 0.3) is 0 Å². The van der Waals surface area contributed by atoms with E-state index in [4.69, 9.17) is 0 Å². The first-order valence-electron chi connectivity index (χ1n) is 3.63. The van der Waals surface area contributed by atoms with Gasteiger partial charge < -0.3 is 0 Å². The highest BCUT2D eigenvalue weighted by atomic mass is 32.1. The molecule has 2 bridgehead atoms. The van der Waals surface area contributed by atoms with Gasteiger partial charge in [0.2, 0.25) is 0 Å². The highest BCUT2D eigenvalue weighted by molar-refractivity contribution is 7.85. The lowest BCUT2D eigenvalue weighted by Crippen LogP contribution is -2.62. The van der Waals surface area contributed by atoms with Gasteiger partial charge in [-0.1, -0.05) is 0 Å². The smallest absolute Gasteiger partial charge is 0.0778 e. The average molecular weight is 176 g/mol. The van der Waals surface area contributed by atoms with Crippen molar-refractivity contribution < 1.29 is 0 Å². The second-order valence-electron chi connectivity index (χ2n) is 2.90. The maximum absolute atomic E-state index is 4.47. The van der Waals surface area contributed by atoms with Crippen LogP contribution in [-0.2, 0) is 0 Å². The number of thiol groups is 2. The summed E-state index contributed by atoms with van der Waals surface area (Å²) >= 11 is 8.94. The number of nitrogens with zero attached hydrogens (tertiary/aromatic N) is 2. The van der Waals surface area contributed by atoms with Crippen molar-refractivity contribution in [2.45, 2.75) is 10.7 Å². The minimum Gasteiger partial charge on any atom is -0.287 e. The summed E-state index contributed by atoms with van der Waals surface area (Å²) in [5, 5.41) is 0.705. The Kier molecular flexibility index (Phi) is 1.88. The van der Waals surface area contributed by atoms with E-state index in [2.05, 4.69) is 35.1 Å². The molecule has 0 spiro atoms. The van der Waals surface area contributed by atoms with E-state index in [1.54, 1.807) is 0 Å². The third-order valence-corrected chi connectivity index (χ3v) is 3.82. The van der Waals surface area contributed by atoms with Crippen LogP contribution in [-0.4, -0.2) is 46.7 Å². The molecule has 3 aliphatic heterocycles. The second kappa shape index (κ2) is 2.59. The van der Waals surface area contributed by atoms with Crippen LogP contribution in [0.3, 0.4) is 0 Å². The van der Waals surface area contributed by atoms with Crippen LogP contribution in [0, 0.1) is 0 Å². The highest BCUT2D eigenvalue weighted by Gasteiger charge is 2.36. The molecule has 4 heteroatoms. The van der Waals surface area contributed by atoms with Crippen LogP contribution in [0.4, 0.5) is 0 Å². The molecule has 3 fully saturated rings. The van der Waals surface area contributed by atoms with Gasteiger partial charge >= 0.3 is 0 Å². The van der Waals surface area contributed by atoms with Crippen molar-refractivity contribution in [3.63, 3.8) is 0 Å². The molecule has 58 valence electrons. The zero-order chi connectivity index (χ0) is 7.14. The van der Waals surface area contributed by atoms with Gasteiger partial charge in [0.05, 0.1) is 10.7 Å². The van der Waals surface area contributed by atoms with Gasteiger partial charge in [-0.15, -0.1) is 0 Å². The maximum Gasteiger partial charge on any atom is 0.0778 e. The molecule has 0 aromatic carbocycles. The average Bonchev–Trinajstić information content (AvgIpc) is 2.00. The first-order valence-corrected chi connectivity index (χ1v) is 4.66. The zero-order valence-electron chi connectivity index (χ0n) is 5.77. The summed E-state index contributed by atoms with van der Waals surface area (Å²) in [6.45, 7) is 4.69. The fourth-order valence-corrected chi connectivity index (χ4v) is 2.48. The fraction of sp³-hybridized carbons (Fsp3) is 1.00. The second-order valence-corrected chi connectivity index (χ2v) is 3.96. The molecule has 0 radical (unpaired) electrons. The molecular formula is C6H12N2S2. The van der Waals surface area contributed by atoms with Crippen LogP contribution < -0.4 is 0 Å².